The molecule has 1 aromatic heterocycles. The average Bonchev–Trinajstić information content (AvgIpc) is 3.13. The normalized spacial score (nSPS) is 9.21. The second kappa shape index (κ2) is 18.5. The maximum atomic E-state index is 11.1. The molecule has 0 atom stereocenters. The summed E-state index contributed by atoms with van der Waals surface area (Å²) < 4.78 is 5.26. The summed E-state index contributed by atoms with van der Waals surface area (Å²) in [4.78, 5) is 15.7. The third kappa shape index (κ3) is 9.22. The first-order chi connectivity index (χ1) is 14.2. The van der Waals surface area contributed by atoms with Crippen molar-refractivity contribution < 1.29 is 9.53 Å². The van der Waals surface area contributed by atoms with E-state index in [9.17, 15) is 10.1 Å². The second-order valence-electron chi connectivity index (χ2n) is 4.63. The Morgan fingerprint density at radius 1 is 1.10 bits per heavy atom. The number of aliphatic imine (C=N–C) groups is 1. The Morgan fingerprint density at radius 3 is 2.14 bits per heavy atom. The van der Waals surface area contributed by atoms with Crippen molar-refractivity contribution >= 4 is 40.2 Å². The number of hydrogen-bond donors (Lipinski definition) is 1. The number of aldehydes is 1. The summed E-state index contributed by atoms with van der Waals surface area (Å²) in [6.07, 6.45) is 6.27. The zero-order chi connectivity index (χ0) is 22.7. The highest BCUT2D eigenvalue weighted by molar-refractivity contribution is 7.18. The molecular formula is C23H33N3O2S. The monoisotopic (exact) mass is 415 g/mol. The maximum Gasteiger partial charge on any atom is 0.162 e. The summed E-state index contributed by atoms with van der Waals surface area (Å²) >= 11 is 1.19. The van der Waals surface area contributed by atoms with Gasteiger partial charge in [-0.1, -0.05) is 52.0 Å². The highest BCUT2D eigenvalue weighted by atomic mass is 32.1. The predicted octanol–water partition coefficient (Wildman–Crippen LogP) is 7.54. The molecule has 5 nitrogen and oxygen atoms in total. The van der Waals surface area contributed by atoms with Gasteiger partial charge in [0, 0.05) is 6.21 Å². The molecule has 0 fully saturated rings. The van der Waals surface area contributed by atoms with Gasteiger partial charge in [0.25, 0.3) is 0 Å². The summed E-state index contributed by atoms with van der Waals surface area (Å²) in [6.45, 7) is 13.7. The Morgan fingerprint density at radius 2 is 1.69 bits per heavy atom. The lowest BCUT2D eigenvalue weighted by atomic mass is 10.2. The van der Waals surface area contributed by atoms with Crippen LogP contribution in [0.3, 0.4) is 0 Å². The Hall–Kier alpha value is -2.91. The smallest absolute Gasteiger partial charge is 0.162 e. The van der Waals surface area contributed by atoms with Gasteiger partial charge in [-0.15, -0.1) is 11.3 Å². The number of carbonyl (C=O) groups excluding carboxylic acids is 1. The Kier molecular flexibility index (Phi) is 18.0. The molecule has 0 unspecified atom stereocenters. The zero-order valence-corrected chi connectivity index (χ0v) is 19.6. The van der Waals surface area contributed by atoms with E-state index in [-0.39, 0.29) is 0 Å². The fraction of sp³-hybridized carbons (Fsp3) is 0.348. The number of hydrogen-bond acceptors (Lipinski definition) is 6. The number of methoxy groups -OCH3 is 1. The van der Waals surface area contributed by atoms with Crippen LogP contribution in [0.4, 0.5) is 16.4 Å². The second-order valence-corrected chi connectivity index (χ2v) is 5.68. The lowest BCUT2D eigenvalue weighted by Gasteiger charge is -2.09. The van der Waals surface area contributed by atoms with Crippen molar-refractivity contribution in [1.29, 1.82) is 5.26 Å². The third-order valence-electron chi connectivity index (χ3n) is 3.07. The van der Waals surface area contributed by atoms with Crippen LogP contribution in [0.25, 0.3) is 0 Å². The number of para-hydroxylation sites is 2. The van der Waals surface area contributed by atoms with Gasteiger partial charge in [0.1, 0.15) is 28.1 Å². The Bertz CT molecular complexity index is 799. The molecule has 0 radical (unpaired) electrons. The van der Waals surface area contributed by atoms with E-state index >= 15 is 0 Å². The maximum absolute atomic E-state index is 11.1. The number of anilines is 2. The molecule has 0 aliphatic heterocycles. The minimum absolute atomic E-state index is 0.353. The van der Waals surface area contributed by atoms with E-state index in [1.165, 1.54) is 11.3 Å². The number of ether oxygens (including phenoxy) is 1. The van der Waals surface area contributed by atoms with Crippen molar-refractivity contribution in [2.75, 3.05) is 12.4 Å². The largest absolute Gasteiger partial charge is 0.495 e. The molecule has 0 spiro atoms. The van der Waals surface area contributed by atoms with Gasteiger partial charge in [0.05, 0.1) is 17.7 Å². The van der Waals surface area contributed by atoms with Gasteiger partial charge in [0.2, 0.25) is 0 Å². The van der Waals surface area contributed by atoms with Crippen molar-refractivity contribution in [1.82, 2.24) is 0 Å². The first-order valence-electron chi connectivity index (χ1n) is 9.64. The molecule has 0 aliphatic carbocycles. The highest BCUT2D eigenvalue weighted by Crippen LogP contribution is 2.40. The molecule has 6 heteroatoms. The van der Waals surface area contributed by atoms with Crippen molar-refractivity contribution in [3.8, 4) is 11.8 Å². The number of benzene rings is 1. The van der Waals surface area contributed by atoms with E-state index in [0.29, 0.717) is 33.2 Å². The topological polar surface area (TPSA) is 74.5 Å². The molecule has 29 heavy (non-hydrogen) atoms. The molecular weight excluding hydrogens is 382 g/mol. The van der Waals surface area contributed by atoms with Gasteiger partial charge in [0.15, 0.2) is 6.29 Å². The van der Waals surface area contributed by atoms with Crippen LogP contribution in [0.1, 0.15) is 63.7 Å². The van der Waals surface area contributed by atoms with Crippen molar-refractivity contribution in [3.05, 3.63) is 46.9 Å². The molecule has 0 bridgehead atoms. The van der Waals surface area contributed by atoms with Crippen LogP contribution < -0.4 is 10.1 Å². The number of nitrogens with zero attached hydrogens (tertiary/aromatic N) is 2. The van der Waals surface area contributed by atoms with Gasteiger partial charge in [-0.25, -0.2) is 0 Å². The molecule has 0 saturated heterocycles. The molecule has 158 valence electrons. The van der Waals surface area contributed by atoms with E-state index < -0.39 is 0 Å². The average molecular weight is 416 g/mol. The van der Waals surface area contributed by atoms with Gasteiger partial charge in [-0.3, -0.25) is 9.79 Å². The minimum atomic E-state index is 0.353. The summed E-state index contributed by atoms with van der Waals surface area (Å²) in [7, 11) is 1.57. The van der Waals surface area contributed by atoms with Crippen LogP contribution in [0.2, 0.25) is 0 Å². The molecule has 0 amide bonds. The van der Waals surface area contributed by atoms with Crippen LogP contribution in [0.5, 0.6) is 5.75 Å². The van der Waals surface area contributed by atoms with Gasteiger partial charge >= 0.3 is 0 Å². The summed E-state index contributed by atoms with van der Waals surface area (Å²) in [5.41, 5.74) is 1.48. The van der Waals surface area contributed by atoms with Crippen molar-refractivity contribution in [3.63, 3.8) is 0 Å². The van der Waals surface area contributed by atoms with E-state index in [4.69, 9.17) is 4.74 Å². The lowest BCUT2D eigenvalue weighted by Crippen LogP contribution is -1.93. The SMILES string of the molecule is C/C=C\C.CC.CC.CC=Nc1c(C=O)sc(Nc2ccccc2OC)c1C#N. The molecule has 0 aliphatic rings. The van der Waals surface area contributed by atoms with Gasteiger partial charge in [-0.05, 0) is 32.9 Å². The predicted molar refractivity (Wildman–Crippen MR) is 128 cm³/mol. The van der Waals surface area contributed by atoms with Crippen molar-refractivity contribution in [2.24, 2.45) is 4.99 Å². The standard InChI is InChI=1S/C15H13N3O2S.C4H8.2C2H6/c1-3-17-14-10(8-16)15(21-13(14)9-19)18-11-6-4-5-7-12(11)20-2;1-3-4-2;2*1-2/h3-7,9,18H,1-2H3;3-4H,1-2H3;2*1-2H3/b;4-3-;;. The Balaban J connectivity index is 0. The lowest BCUT2D eigenvalue weighted by molar-refractivity contribution is 0.112. The van der Waals surface area contributed by atoms with E-state index in [0.717, 1.165) is 5.69 Å². The van der Waals surface area contributed by atoms with Crippen LogP contribution >= 0.6 is 11.3 Å². The molecule has 2 rings (SSSR count). The fourth-order valence-corrected chi connectivity index (χ4v) is 2.76. The fourth-order valence-electron chi connectivity index (χ4n) is 1.84. The van der Waals surface area contributed by atoms with Crippen molar-refractivity contribution in [2.45, 2.75) is 48.5 Å². The Labute approximate surface area is 179 Å². The number of allylic oxidation sites excluding steroid dienone is 2. The van der Waals surface area contributed by atoms with Crippen LogP contribution in [0.15, 0.2) is 41.4 Å². The first-order valence-corrected chi connectivity index (χ1v) is 10.5. The van der Waals surface area contributed by atoms with E-state index in [1.807, 2.05) is 78.0 Å². The summed E-state index contributed by atoms with van der Waals surface area (Å²) in [6, 6.07) is 9.46. The molecule has 1 aromatic carbocycles. The summed E-state index contributed by atoms with van der Waals surface area (Å²) in [5.74, 6) is 0.656. The van der Waals surface area contributed by atoms with Crippen LogP contribution in [-0.2, 0) is 0 Å². The molecule has 1 heterocycles. The van der Waals surface area contributed by atoms with E-state index in [1.54, 1.807) is 20.2 Å². The third-order valence-corrected chi connectivity index (χ3v) is 4.09. The number of nitrogens with one attached hydrogen (secondary N) is 1. The number of carbonyl (C=O) groups is 1. The van der Waals surface area contributed by atoms with E-state index in [2.05, 4.69) is 16.4 Å². The molecule has 1 N–H and O–H groups in total. The highest BCUT2D eigenvalue weighted by Gasteiger charge is 2.18. The first kappa shape index (κ1) is 28.3. The summed E-state index contributed by atoms with van der Waals surface area (Å²) in [5, 5.41) is 13.0. The van der Waals surface area contributed by atoms with Crippen LogP contribution in [0, 0.1) is 11.3 Å². The number of rotatable bonds is 5. The molecule has 0 saturated carbocycles. The zero-order valence-electron chi connectivity index (χ0n) is 18.7. The van der Waals surface area contributed by atoms with Crippen LogP contribution in [-0.4, -0.2) is 19.6 Å². The quantitative estimate of drug-likeness (QED) is 0.311. The number of thiophene rings is 1. The molecule has 2 aromatic rings. The van der Waals surface area contributed by atoms with Gasteiger partial charge < -0.3 is 10.1 Å². The number of nitriles is 1. The minimum Gasteiger partial charge on any atom is -0.495 e. The van der Waals surface area contributed by atoms with Gasteiger partial charge in [-0.2, -0.15) is 5.26 Å².